The first-order chi connectivity index (χ1) is 8.72. The van der Waals surface area contributed by atoms with Crippen LogP contribution in [-0.2, 0) is 19.4 Å². The van der Waals surface area contributed by atoms with Gasteiger partial charge in [0.25, 0.3) is 0 Å². The molecule has 0 bridgehead atoms. The van der Waals surface area contributed by atoms with Crippen LogP contribution in [0.1, 0.15) is 23.6 Å². The van der Waals surface area contributed by atoms with E-state index < -0.39 is 0 Å². The lowest BCUT2D eigenvalue weighted by Crippen LogP contribution is -2.25. The molecule has 1 aliphatic heterocycles. The second kappa shape index (κ2) is 4.42. The second-order valence-corrected chi connectivity index (χ2v) is 4.68. The summed E-state index contributed by atoms with van der Waals surface area (Å²) < 4.78 is 1.98. The summed E-state index contributed by atoms with van der Waals surface area (Å²) in [4.78, 5) is 0. The van der Waals surface area contributed by atoms with Gasteiger partial charge < -0.3 is 14.8 Å². The molecule has 1 aromatic carbocycles. The molecule has 1 aliphatic rings. The lowest BCUT2D eigenvalue weighted by molar-refractivity contribution is 0.129. The summed E-state index contributed by atoms with van der Waals surface area (Å²) in [5.41, 5.74) is 0.991. The predicted octanol–water partition coefficient (Wildman–Crippen LogP) is 0.882. The summed E-state index contributed by atoms with van der Waals surface area (Å²) >= 11 is 0. The minimum atomic E-state index is -0.309. The lowest BCUT2D eigenvalue weighted by atomic mass is 10.1. The zero-order valence-electron chi connectivity index (χ0n) is 9.95. The fourth-order valence-electron chi connectivity index (χ4n) is 2.35. The molecule has 0 saturated heterocycles. The van der Waals surface area contributed by atoms with Crippen molar-refractivity contribution < 1.29 is 10.2 Å². The molecule has 0 amide bonds. The number of hydrogen-bond acceptors (Lipinski definition) is 4. The molecule has 0 radical (unpaired) electrons. The molecule has 3 rings (SSSR count). The van der Waals surface area contributed by atoms with Gasteiger partial charge in [0.1, 0.15) is 17.4 Å². The van der Waals surface area contributed by atoms with E-state index in [1.807, 2.05) is 16.7 Å². The summed E-state index contributed by atoms with van der Waals surface area (Å²) in [5, 5.41) is 27.5. The molecule has 5 heteroatoms. The first-order valence-corrected chi connectivity index (χ1v) is 6.09. The number of nitrogens with zero attached hydrogens (tertiary/aromatic N) is 3. The average molecular weight is 245 g/mol. The molecule has 1 aromatic heterocycles. The Hall–Kier alpha value is -1.88. The van der Waals surface area contributed by atoms with E-state index in [-0.39, 0.29) is 11.9 Å². The second-order valence-electron chi connectivity index (χ2n) is 4.68. The average Bonchev–Trinajstić information content (AvgIpc) is 2.72. The van der Waals surface area contributed by atoms with Gasteiger partial charge in [-0.05, 0) is 24.1 Å². The van der Waals surface area contributed by atoms with Gasteiger partial charge in [-0.2, -0.15) is 0 Å². The zero-order chi connectivity index (χ0) is 12.5. The molecular formula is C13H15N3O2. The predicted molar refractivity (Wildman–Crippen MR) is 65.3 cm³/mol. The van der Waals surface area contributed by atoms with Gasteiger partial charge in [-0.25, -0.2) is 0 Å². The van der Waals surface area contributed by atoms with Crippen molar-refractivity contribution in [2.24, 2.45) is 0 Å². The highest BCUT2D eigenvalue weighted by atomic mass is 16.3. The fraction of sp³-hybridized carbons (Fsp3) is 0.385. The highest BCUT2D eigenvalue weighted by Crippen LogP contribution is 2.18. The van der Waals surface area contributed by atoms with Crippen LogP contribution in [0.15, 0.2) is 24.3 Å². The van der Waals surface area contributed by atoms with Gasteiger partial charge in [-0.1, -0.05) is 12.1 Å². The lowest BCUT2D eigenvalue weighted by Gasteiger charge is -2.19. The Morgan fingerprint density at radius 1 is 1.33 bits per heavy atom. The summed E-state index contributed by atoms with van der Waals surface area (Å²) in [6.07, 6.45) is 1.84. The molecule has 1 unspecified atom stereocenters. The maximum absolute atomic E-state index is 9.69. The van der Waals surface area contributed by atoms with Crippen molar-refractivity contribution in [3.05, 3.63) is 41.5 Å². The number of phenols is 1. The Morgan fingerprint density at radius 2 is 2.22 bits per heavy atom. The van der Waals surface area contributed by atoms with Crippen molar-refractivity contribution >= 4 is 0 Å². The van der Waals surface area contributed by atoms with E-state index in [1.54, 1.807) is 12.1 Å². The van der Waals surface area contributed by atoms with E-state index in [0.29, 0.717) is 13.0 Å². The summed E-state index contributed by atoms with van der Waals surface area (Å²) in [5.74, 6) is 2.04. The number of phenolic OH excluding ortho intramolecular Hbond substituents is 1. The number of benzene rings is 1. The van der Waals surface area contributed by atoms with Crippen LogP contribution in [-0.4, -0.2) is 31.1 Å². The molecule has 0 fully saturated rings. The van der Waals surface area contributed by atoms with Gasteiger partial charge in [0.05, 0.1) is 12.6 Å². The SMILES string of the molecule is Oc1cccc(Cc2nnc3n2CC(O)CC3)c1. The van der Waals surface area contributed by atoms with Crippen molar-refractivity contribution in [1.29, 1.82) is 0 Å². The number of aryl methyl sites for hydroxylation is 1. The number of hydrogen-bond donors (Lipinski definition) is 2. The maximum atomic E-state index is 9.69. The Balaban J connectivity index is 1.87. The van der Waals surface area contributed by atoms with Crippen molar-refractivity contribution in [2.75, 3.05) is 0 Å². The van der Waals surface area contributed by atoms with Crippen LogP contribution in [0.5, 0.6) is 5.75 Å². The molecule has 2 N–H and O–H groups in total. The van der Waals surface area contributed by atoms with E-state index in [0.717, 1.165) is 30.1 Å². The minimum absolute atomic E-state index is 0.255. The molecule has 2 heterocycles. The standard InChI is InChI=1S/C13H15N3O2/c17-10-3-1-2-9(6-10)7-13-15-14-12-5-4-11(18)8-16(12)13/h1-3,6,11,17-18H,4-5,7-8H2. The van der Waals surface area contributed by atoms with Crippen LogP contribution >= 0.6 is 0 Å². The highest BCUT2D eigenvalue weighted by Gasteiger charge is 2.21. The Bertz CT molecular complexity index is 565. The number of aromatic nitrogens is 3. The van der Waals surface area contributed by atoms with Crippen molar-refractivity contribution in [3.63, 3.8) is 0 Å². The number of aliphatic hydroxyl groups is 1. The van der Waals surface area contributed by atoms with Crippen LogP contribution in [0.3, 0.4) is 0 Å². The molecule has 2 aromatic rings. The number of fused-ring (bicyclic) bond motifs is 1. The first kappa shape index (κ1) is 11.2. The molecule has 0 spiro atoms. The van der Waals surface area contributed by atoms with Crippen molar-refractivity contribution in [3.8, 4) is 5.75 Å². The van der Waals surface area contributed by atoms with E-state index in [9.17, 15) is 10.2 Å². The van der Waals surface area contributed by atoms with Crippen LogP contribution in [0.4, 0.5) is 0 Å². The third-order valence-corrected chi connectivity index (χ3v) is 3.27. The van der Waals surface area contributed by atoms with Gasteiger partial charge in [-0.15, -0.1) is 10.2 Å². The molecule has 0 saturated carbocycles. The van der Waals surface area contributed by atoms with Crippen LogP contribution in [0.2, 0.25) is 0 Å². The zero-order valence-corrected chi connectivity index (χ0v) is 9.95. The number of rotatable bonds is 2. The summed E-state index contributed by atoms with van der Waals surface area (Å²) in [6, 6.07) is 7.13. The third kappa shape index (κ3) is 2.09. The minimum Gasteiger partial charge on any atom is -0.508 e. The van der Waals surface area contributed by atoms with Crippen molar-refractivity contribution in [2.45, 2.75) is 31.9 Å². The molecule has 94 valence electrons. The van der Waals surface area contributed by atoms with E-state index in [4.69, 9.17) is 0 Å². The van der Waals surface area contributed by atoms with E-state index in [2.05, 4.69) is 10.2 Å². The summed E-state index contributed by atoms with van der Waals surface area (Å²) in [6.45, 7) is 0.566. The number of aliphatic hydroxyl groups excluding tert-OH is 1. The topological polar surface area (TPSA) is 71.2 Å². The quantitative estimate of drug-likeness (QED) is 0.824. The normalized spacial score (nSPS) is 18.6. The molecule has 0 aliphatic carbocycles. The van der Waals surface area contributed by atoms with Gasteiger partial charge >= 0.3 is 0 Å². The Labute approximate surface area is 105 Å². The van der Waals surface area contributed by atoms with E-state index in [1.165, 1.54) is 0 Å². The summed E-state index contributed by atoms with van der Waals surface area (Å²) in [7, 11) is 0. The Morgan fingerprint density at radius 3 is 3.06 bits per heavy atom. The molecular weight excluding hydrogens is 230 g/mol. The molecule has 5 nitrogen and oxygen atoms in total. The van der Waals surface area contributed by atoms with Gasteiger partial charge in [0, 0.05) is 12.8 Å². The maximum Gasteiger partial charge on any atom is 0.137 e. The van der Waals surface area contributed by atoms with Crippen LogP contribution < -0.4 is 0 Å². The molecule has 1 atom stereocenters. The largest absolute Gasteiger partial charge is 0.508 e. The van der Waals surface area contributed by atoms with Gasteiger partial charge in [0.15, 0.2) is 0 Å². The monoisotopic (exact) mass is 245 g/mol. The first-order valence-electron chi connectivity index (χ1n) is 6.09. The number of aromatic hydroxyl groups is 1. The van der Waals surface area contributed by atoms with Gasteiger partial charge in [-0.3, -0.25) is 0 Å². The highest BCUT2D eigenvalue weighted by molar-refractivity contribution is 5.29. The van der Waals surface area contributed by atoms with Crippen LogP contribution in [0.25, 0.3) is 0 Å². The van der Waals surface area contributed by atoms with Crippen LogP contribution in [0, 0.1) is 0 Å². The van der Waals surface area contributed by atoms with Gasteiger partial charge in [0.2, 0.25) is 0 Å². The van der Waals surface area contributed by atoms with Crippen molar-refractivity contribution in [1.82, 2.24) is 14.8 Å². The Kier molecular flexibility index (Phi) is 2.76. The fourth-order valence-corrected chi connectivity index (χ4v) is 2.35. The third-order valence-electron chi connectivity index (χ3n) is 3.27. The van der Waals surface area contributed by atoms with E-state index >= 15 is 0 Å². The molecule has 18 heavy (non-hydrogen) atoms. The smallest absolute Gasteiger partial charge is 0.137 e.